The number of pyridine rings is 1. The molecule has 0 aliphatic carbocycles. The lowest BCUT2D eigenvalue weighted by Gasteiger charge is -2.01. The van der Waals surface area contributed by atoms with E-state index >= 15 is 0 Å². The maximum Gasteiger partial charge on any atom is 0.329 e. The summed E-state index contributed by atoms with van der Waals surface area (Å²) in [6.07, 6.45) is 1.66. The molecule has 6 nitrogen and oxygen atoms in total. The molecule has 0 saturated heterocycles. The average molecular weight is 221 g/mol. The van der Waals surface area contributed by atoms with Gasteiger partial charge >= 0.3 is 5.97 Å². The molecule has 0 radical (unpaired) electrons. The smallest absolute Gasteiger partial charge is 0.329 e. The molecule has 0 saturated carbocycles. The van der Waals surface area contributed by atoms with Gasteiger partial charge in [0.05, 0.1) is 5.52 Å². The van der Waals surface area contributed by atoms with Crippen molar-refractivity contribution >= 4 is 17.1 Å². The van der Waals surface area contributed by atoms with Gasteiger partial charge < -0.3 is 14.4 Å². The van der Waals surface area contributed by atoms with Crippen LogP contribution in [-0.2, 0) is 23.2 Å². The minimum absolute atomic E-state index is 0.166. The number of ether oxygens (including phenoxy) is 1. The summed E-state index contributed by atoms with van der Waals surface area (Å²) in [5.41, 5.74) is 1.54. The molecular weight excluding hydrogens is 210 g/mol. The number of imidazole rings is 1. The Hall–Kier alpha value is -1.95. The van der Waals surface area contributed by atoms with Gasteiger partial charge in [0.25, 0.3) is 0 Å². The normalized spacial score (nSPS) is 10.8. The molecule has 6 heteroatoms. The fourth-order valence-electron chi connectivity index (χ4n) is 1.43. The van der Waals surface area contributed by atoms with E-state index in [-0.39, 0.29) is 13.2 Å². The molecule has 0 atom stereocenters. The van der Waals surface area contributed by atoms with E-state index in [4.69, 9.17) is 9.84 Å². The van der Waals surface area contributed by atoms with Crippen LogP contribution < -0.4 is 0 Å². The SMILES string of the molecule is Cn1c(COCC(=O)O)nc2ncccc21. The van der Waals surface area contributed by atoms with E-state index in [0.29, 0.717) is 11.5 Å². The first-order chi connectivity index (χ1) is 7.68. The Labute approximate surface area is 91.5 Å². The maximum absolute atomic E-state index is 10.3. The fourth-order valence-corrected chi connectivity index (χ4v) is 1.43. The number of carboxylic acids is 1. The van der Waals surface area contributed by atoms with Crippen molar-refractivity contribution in [3.63, 3.8) is 0 Å². The molecule has 2 heterocycles. The van der Waals surface area contributed by atoms with E-state index in [0.717, 1.165) is 5.52 Å². The number of carboxylic acid groups (broad SMARTS) is 1. The zero-order valence-electron chi connectivity index (χ0n) is 8.75. The molecule has 2 rings (SSSR count). The summed E-state index contributed by atoms with van der Waals surface area (Å²) in [5.74, 6) is -0.327. The van der Waals surface area contributed by atoms with Gasteiger partial charge in [-0.1, -0.05) is 0 Å². The van der Waals surface area contributed by atoms with E-state index < -0.39 is 5.97 Å². The number of aryl methyl sites for hydroxylation is 1. The molecule has 84 valence electrons. The van der Waals surface area contributed by atoms with Crippen molar-refractivity contribution in [3.8, 4) is 0 Å². The number of hydrogen-bond acceptors (Lipinski definition) is 4. The van der Waals surface area contributed by atoms with E-state index in [2.05, 4.69) is 9.97 Å². The molecule has 0 amide bonds. The monoisotopic (exact) mass is 221 g/mol. The molecule has 0 aliphatic rings. The first kappa shape index (κ1) is 10.6. The maximum atomic E-state index is 10.3. The summed E-state index contributed by atoms with van der Waals surface area (Å²) in [5, 5.41) is 8.44. The van der Waals surface area contributed by atoms with Gasteiger partial charge in [-0.15, -0.1) is 0 Å². The number of fused-ring (bicyclic) bond motifs is 1. The minimum atomic E-state index is -0.989. The standard InChI is InChI=1S/C10H11N3O3/c1-13-7-3-2-4-11-10(7)12-8(13)5-16-6-9(14)15/h2-4H,5-6H2,1H3,(H,14,15). The highest BCUT2D eigenvalue weighted by Gasteiger charge is 2.08. The number of rotatable bonds is 4. The van der Waals surface area contributed by atoms with Crippen LogP contribution in [0.4, 0.5) is 0 Å². The molecule has 2 aromatic rings. The van der Waals surface area contributed by atoms with Gasteiger partial charge in [0.1, 0.15) is 19.0 Å². The van der Waals surface area contributed by atoms with Crippen LogP contribution in [-0.4, -0.2) is 32.2 Å². The largest absolute Gasteiger partial charge is 0.480 e. The van der Waals surface area contributed by atoms with Crippen molar-refractivity contribution in [1.29, 1.82) is 0 Å². The summed E-state index contributed by atoms with van der Waals surface area (Å²) >= 11 is 0. The van der Waals surface area contributed by atoms with Crippen LogP contribution >= 0.6 is 0 Å². The molecule has 0 spiro atoms. The third-order valence-corrected chi connectivity index (χ3v) is 2.21. The molecule has 0 fully saturated rings. The van der Waals surface area contributed by atoms with Gasteiger partial charge in [0.15, 0.2) is 5.65 Å². The molecule has 0 unspecified atom stereocenters. The van der Waals surface area contributed by atoms with Crippen molar-refractivity contribution in [2.45, 2.75) is 6.61 Å². The van der Waals surface area contributed by atoms with E-state index in [1.54, 1.807) is 6.20 Å². The Morgan fingerprint density at radius 1 is 1.62 bits per heavy atom. The lowest BCUT2D eigenvalue weighted by molar-refractivity contribution is -0.142. The van der Waals surface area contributed by atoms with Crippen LogP contribution in [0, 0.1) is 0 Å². The van der Waals surface area contributed by atoms with Crippen LogP contribution in [0.25, 0.3) is 11.2 Å². The van der Waals surface area contributed by atoms with Crippen LogP contribution in [0.3, 0.4) is 0 Å². The van der Waals surface area contributed by atoms with Gasteiger partial charge in [0, 0.05) is 13.2 Å². The molecule has 0 aromatic carbocycles. The topological polar surface area (TPSA) is 77.2 Å². The summed E-state index contributed by atoms with van der Waals surface area (Å²) in [6.45, 7) is -0.157. The Morgan fingerprint density at radius 2 is 2.44 bits per heavy atom. The van der Waals surface area contributed by atoms with Crippen molar-refractivity contribution in [1.82, 2.24) is 14.5 Å². The summed E-state index contributed by atoms with van der Waals surface area (Å²) in [6, 6.07) is 3.72. The quantitative estimate of drug-likeness (QED) is 0.816. The molecule has 16 heavy (non-hydrogen) atoms. The van der Waals surface area contributed by atoms with Gasteiger partial charge in [-0.3, -0.25) is 0 Å². The van der Waals surface area contributed by atoms with Crippen molar-refractivity contribution in [3.05, 3.63) is 24.2 Å². The van der Waals surface area contributed by atoms with Gasteiger partial charge in [0.2, 0.25) is 0 Å². The second kappa shape index (κ2) is 4.28. The van der Waals surface area contributed by atoms with Crippen molar-refractivity contribution in [2.75, 3.05) is 6.61 Å². The second-order valence-corrected chi connectivity index (χ2v) is 3.32. The minimum Gasteiger partial charge on any atom is -0.480 e. The van der Waals surface area contributed by atoms with Crippen LogP contribution in [0.15, 0.2) is 18.3 Å². The Balaban J connectivity index is 2.18. The third kappa shape index (κ3) is 2.01. The highest BCUT2D eigenvalue weighted by molar-refractivity contribution is 5.71. The highest BCUT2D eigenvalue weighted by atomic mass is 16.5. The zero-order valence-corrected chi connectivity index (χ0v) is 8.75. The van der Waals surface area contributed by atoms with Gasteiger partial charge in [-0.05, 0) is 12.1 Å². The van der Waals surface area contributed by atoms with E-state index in [1.165, 1.54) is 0 Å². The van der Waals surface area contributed by atoms with Crippen LogP contribution in [0.1, 0.15) is 5.82 Å². The molecule has 2 aromatic heterocycles. The Morgan fingerprint density at radius 3 is 3.12 bits per heavy atom. The number of nitrogens with zero attached hydrogens (tertiary/aromatic N) is 3. The third-order valence-electron chi connectivity index (χ3n) is 2.21. The second-order valence-electron chi connectivity index (χ2n) is 3.32. The summed E-state index contributed by atoms with van der Waals surface area (Å²) in [7, 11) is 1.84. The lowest BCUT2D eigenvalue weighted by atomic mass is 10.4. The first-order valence-corrected chi connectivity index (χ1v) is 4.74. The number of aliphatic carboxylic acids is 1. The molecule has 1 N–H and O–H groups in total. The first-order valence-electron chi connectivity index (χ1n) is 4.74. The number of carbonyl (C=O) groups is 1. The predicted molar refractivity (Wildman–Crippen MR) is 55.8 cm³/mol. The highest BCUT2D eigenvalue weighted by Crippen LogP contribution is 2.12. The molecular formula is C10H11N3O3. The average Bonchev–Trinajstić information content (AvgIpc) is 2.56. The molecule has 0 bridgehead atoms. The Kier molecular flexibility index (Phi) is 2.82. The number of aromatic nitrogens is 3. The van der Waals surface area contributed by atoms with E-state index in [1.807, 2.05) is 23.7 Å². The van der Waals surface area contributed by atoms with E-state index in [9.17, 15) is 4.79 Å². The Bertz CT molecular complexity index is 521. The lowest BCUT2D eigenvalue weighted by Crippen LogP contribution is -2.09. The zero-order chi connectivity index (χ0) is 11.5. The predicted octanol–water partition coefficient (Wildman–Crippen LogP) is 0.569. The molecule has 0 aliphatic heterocycles. The fraction of sp³-hybridized carbons (Fsp3) is 0.300. The summed E-state index contributed by atoms with van der Waals surface area (Å²) < 4.78 is 6.82. The van der Waals surface area contributed by atoms with Crippen molar-refractivity contribution in [2.24, 2.45) is 7.05 Å². The van der Waals surface area contributed by atoms with Gasteiger partial charge in [-0.2, -0.15) is 0 Å². The van der Waals surface area contributed by atoms with Crippen molar-refractivity contribution < 1.29 is 14.6 Å². The van der Waals surface area contributed by atoms with Gasteiger partial charge in [-0.25, -0.2) is 14.8 Å². The summed E-state index contributed by atoms with van der Waals surface area (Å²) in [4.78, 5) is 18.6. The van der Waals surface area contributed by atoms with Crippen LogP contribution in [0.5, 0.6) is 0 Å². The van der Waals surface area contributed by atoms with Crippen LogP contribution in [0.2, 0.25) is 0 Å². The number of hydrogen-bond donors (Lipinski definition) is 1.